The van der Waals surface area contributed by atoms with E-state index >= 15 is 0 Å². The number of hydrogen-bond acceptors (Lipinski definition) is 8. The van der Waals surface area contributed by atoms with Crippen LogP contribution in [0.2, 0.25) is 0 Å². The first-order chi connectivity index (χ1) is 15.1. The third-order valence-electron chi connectivity index (χ3n) is 7.10. The Morgan fingerprint density at radius 2 is 1.19 bits per heavy atom. The lowest BCUT2D eigenvalue weighted by Crippen LogP contribution is -2.53. The van der Waals surface area contributed by atoms with Crippen molar-refractivity contribution in [1.82, 2.24) is 29.4 Å². The van der Waals surface area contributed by atoms with Crippen molar-refractivity contribution in [2.45, 2.75) is 19.1 Å². The van der Waals surface area contributed by atoms with Gasteiger partial charge >= 0.3 is 0 Å². The van der Waals surface area contributed by atoms with Crippen molar-refractivity contribution in [3.8, 4) is 0 Å². The molecule has 0 amide bonds. The molecule has 3 fully saturated rings. The highest BCUT2D eigenvalue weighted by Crippen LogP contribution is 2.11. The topological polar surface area (TPSA) is 37.9 Å². The van der Waals surface area contributed by atoms with Gasteiger partial charge in [0.1, 0.15) is 29.2 Å². The summed E-state index contributed by atoms with van der Waals surface area (Å²) in [5.41, 5.74) is 0. The van der Waals surface area contributed by atoms with E-state index in [9.17, 15) is 0 Å². The molecule has 182 valence electrons. The van der Waals surface area contributed by atoms with E-state index in [0.29, 0.717) is 0 Å². The normalized spacial score (nSPS) is 26.6. The molecule has 3 heterocycles. The molecule has 0 bridgehead atoms. The van der Waals surface area contributed by atoms with Crippen molar-refractivity contribution in [3.63, 3.8) is 0 Å². The molecule has 0 N–H and O–H groups in total. The van der Waals surface area contributed by atoms with Crippen LogP contribution < -0.4 is 0 Å². The van der Waals surface area contributed by atoms with Crippen LogP contribution in [-0.4, -0.2) is 161 Å². The summed E-state index contributed by atoms with van der Waals surface area (Å²) in [6.45, 7) is 19.2. The predicted octanol–water partition coefficient (Wildman–Crippen LogP) is 0.588. The minimum Gasteiger partial charge on any atom is -0.362 e. The van der Waals surface area contributed by atoms with Gasteiger partial charge in [-0.2, -0.15) is 0 Å². The van der Waals surface area contributed by atoms with E-state index < -0.39 is 0 Å². The first-order valence-electron chi connectivity index (χ1n) is 12.3. The molecule has 1 atom stereocenters. The number of piperazine rings is 3. The smallest absolute Gasteiger partial charge is 0.123 e. The Hall–Kier alpha value is 0.410. The Morgan fingerprint density at radius 3 is 1.87 bits per heavy atom. The third kappa shape index (κ3) is 9.66. The highest BCUT2D eigenvalue weighted by Gasteiger charge is 2.25. The van der Waals surface area contributed by atoms with Gasteiger partial charge in [-0.1, -0.05) is 0 Å². The van der Waals surface area contributed by atoms with E-state index in [2.05, 4.69) is 43.5 Å². The summed E-state index contributed by atoms with van der Waals surface area (Å²) in [5.74, 6) is 0. The molecule has 3 aliphatic heterocycles. The van der Waals surface area contributed by atoms with Crippen molar-refractivity contribution in [2.75, 3.05) is 125 Å². The summed E-state index contributed by atoms with van der Waals surface area (Å²) in [7, 11) is 4.44. The third-order valence-corrected chi connectivity index (χ3v) is 7.54. The van der Waals surface area contributed by atoms with Gasteiger partial charge in [0.15, 0.2) is 0 Å². The number of rotatable bonds is 12. The Morgan fingerprint density at radius 1 is 0.645 bits per heavy atom. The summed E-state index contributed by atoms with van der Waals surface area (Å²) in [5, 5.41) is 0. The van der Waals surface area contributed by atoms with Crippen LogP contribution in [0.4, 0.5) is 0 Å². The number of ether oxygens (including phenoxy) is 1. The standard InChI is InChI=1S/C22H45IN6O2/c1-24-8-11-26(12-9-24)5-3-6-29-13-10-25(2)22(21-29)30-19-4-7-27-14-16-28(17-15-27)18-20-31-23/h22H,3-21H2,1-2H3/t22-/m0/s1. The number of nitrogens with zero attached hydrogens (tertiary/aromatic N) is 6. The van der Waals surface area contributed by atoms with E-state index in [1.165, 1.54) is 65.3 Å². The van der Waals surface area contributed by atoms with Crippen LogP contribution in [0, 0.1) is 0 Å². The molecule has 0 spiro atoms. The fourth-order valence-electron chi connectivity index (χ4n) is 4.77. The van der Waals surface area contributed by atoms with Crippen LogP contribution in [-0.2, 0) is 7.80 Å². The largest absolute Gasteiger partial charge is 0.362 e. The average Bonchev–Trinajstić information content (AvgIpc) is 2.79. The van der Waals surface area contributed by atoms with Crippen molar-refractivity contribution >= 4 is 23.0 Å². The van der Waals surface area contributed by atoms with Crippen LogP contribution in [0.5, 0.6) is 0 Å². The van der Waals surface area contributed by atoms with Crippen molar-refractivity contribution in [3.05, 3.63) is 0 Å². The van der Waals surface area contributed by atoms with Gasteiger partial charge in [-0.25, -0.2) is 0 Å². The van der Waals surface area contributed by atoms with Gasteiger partial charge < -0.3 is 22.5 Å². The fourth-order valence-corrected chi connectivity index (χ4v) is 4.97. The van der Waals surface area contributed by atoms with Gasteiger partial charge in [0, 0.05) is 91.7 Å². The van der Waals surface area contributed by atoms with Crippen LogP contribution >= 0.6 is 23.0 Å². The Bertz CT molecular complexity index is 475. The molecule has 0 aromatic heterocycles. The average molecular weight is 553 g/mol. The van der Waals surface area contributed by atoms with Crippen LogP contribution in [0.15, 0.2) is 0 Å². The molecule has 3 aliphatic rings. The van der Waals surface area contributed by atoms with Gasteiger partial charge in [0.05, 0.1) is 6.61 Å². The molecule has 9 heteroatoms. The summed E-state index contributed by atoms with van der Waals surface area (Å²) in [6.07, 6.45) is 2.66. The fraction of sp³-hybridized carbons (Fsp3) is 1.00. The van der Waals surface area contributed by atoms with Crippen molar-refractivity contribution < 1.29 is 7.80 Å². The van der Waals surface area contributed by atoms with E-state index in [1.807, 2.05) is 23.0 Å². The van der Waals surface area contributed by atoms with Gasteiger partial charge in [-0.15, -0.1) is 0 Å². The second-order valence-electron chi connectivity index (χ2n) is 9.46. The lowest BCUT2D eigenvalue weighted by molar-refractivity contribution is -0.0919. The number of hydrogen-bond donors (Lipinski definition) is 0. The van der Waals surface area contributed by atoms with Crippen LogP contribution in [0.3, 0.4) is 0 Å². The molecule has 0 unspecified atom stereocenters. The first-order valence-corrected chi connectivity index (χ1v) is 13.2. The zero-order valence-electron chi connectivity index (χ0n) is 19.9. The molecule has 8 nitrogen and oxygen atoms in total. The summed E-state index contributed by atoms with van der Waals surface area (Å²) in [6, 6.07) is 0. The molecule has 3 saturated heterocycles. The maximum absolute atomic E-state index is 6.31. The van der Waals surface area contributed by atoms with Crippen molar-refractivity contribution in [1.29, 1.82) is 0 Å². The molecule has 3 rings (SSSR count). The molecule has 0 aromatic rings. The van der Waals surface area contributed by atoms with E-state index in [4.69, 9.17) is 7.80 Å². The van der Waals surface area contributed by atoms with Crippen LogP contribution in [0.1, 0.15) is 12.8 Å². The number of likely N-dealkylation sites (N-methyl/N-ethyl adjacent to an activating group) is 2. The highest BCUT2D eigenvalue weighted by atomic mass is 127. The highest BCUT2D eigenvalue weighted by molar-refractivity contribution is 14.1. The number of halogens is 1. The van der Waals surface area contributed by atoms with Gasteiger partial charge in [-0.05, 0) is 40.0 Å². The molecule has 0 aromatic carbocycles. The van der Waals surface area contributed by atoms with Crippen LogP contribution in [0.25, 0.3) is 0 Å². The Labute approximate surface area is 204 Å². The first kappa shape index (κ1) is 26.0. The minimum atomic E-state index is 0.252. The maximum atomic E-state index is 6.31. The minimum absolute atomic E-state index is 0.252. The molecule has 31 heavy (non-hydrogen) atoms. The second-order valence-corrected chi connectivity index (χ2v) is 10.1. The van der Waals surface area contributed by atoms with E-state index in [0.717, 1.165) is 58.9 Å². The lowest BCUT2D eigenvalue weighted by atomic mass is 10.2. The SMILES string of the molecule is CN1CCN(CCCN2CCN(C)[C@@H](OCCCN3CCN(CCOI)CC3)C2)CC1. The summed E-state index contributed by atoms with van der Waals surface area (Å²) in [4.78, 5) is 15.1. The summed E-state index contributed by atoms with van der Waals surface area (Å²) >= 11 is 1.99. The van der Waals surface area contributed by atoms with Gasteiger partial charge in [-0.3, -0.25) is 14.7 Å². The second kappa shape index (κ2) is 14.6. The molecule has 0 radical (unpaired) electrons. The zero-order chi connectivity index (χ0) is 21.9. The van der Waals surface area contributed by atoms with Gasteiger partial charge in [0.25, 0.3) is 0 Å². The molecular weight excluding hydrogens is 507 g/mol. The predicted molar refractivity (Wildman–Crippen MR) is 135 cm³/mol. The Balaban J connectivity index is 1.23. The Kier molecular flexibility index (Phi) is 12.3. The van der Waals surface area contributed by atoms with Crippen molar-refractivity contribution in [2.24, 2.45) is 0 Å². The molecule has 0 aliphatic carbocycles. The zero-order valence-corrected chi connectivity index (χ0v) is 22.0. The molecular formula is C22H45IN6O2. The van der Waals surface area contributed by atoms with E-state index in [-0.39, 0.29) is 6.23 Å². The van der Waals surface area contributed by atoms with E-state index in [1.54, 1.807) is 0 Å². The monoisotopic (exact) mass is 552 g/mol. The lowest BCUT2D eigenvalue weighted by Gasteiger charge is -2.40. The molecule has 0 saturated carbocycles. The summed E-state index contributed by atoms with van der Waals surface area (Å²) < 4.78 is 11.5. The van der Waals surface area contributed by atoms with Gasteiger partial charge in [0.2, 0.25) is 0 Å². The maximum Gasteiger partial charge on any atom is 0.123 e. The quantitative estimate of drug-likeness (QED) is 0.258.